The Hall–Kier alpha value is -1.84. The van der Waals surface area contributed by atoms with Crippen LogP contribution >= 0.6 is 23.2 Å². The van der Waals surface area contributed by atoms with Crippen LogP contribution in [0.4, 0.5) is 4.39 Å². The average Bonchev–Trinajstić information content (AvgIpc) is 3.13. The topological polar surface area (TPSA) is 12.2 Å². The summed E-state index contributed by atoms with van der Waals surface area (Å²) in [6.45, 7) is 9.06. The molecule has 0 unspecified atom stereocenters. The molecule has 0 amide bonds. The number of hydrogen-bond acceptors (Lipinski definition) is 1. The molecule has 2 aliphatic rings. The lowest BCUT2D eigenvalue weighted by atomic mass is 9.69. The van der Waals surface area contributed by atoms with Gasteiger partial charge in [-0.15, -0.1) is 6.58 Å². The highest BCUT2D eigenvalue weighted by molar-refractivity contribution is 6.30. The largest absolute Gasteiger partial charge is 0.441 e. The normalized spacial score (nSPS) is 28.2. The first-order valence-electron chi connectivity index (χ1n) is 10.5. The van der Waals surface area contributed by atoms with Crippen molar-refractivity contribution in [2.75, 3.05) is 6.61 Å². The van der Waals surface area contributed by atoms with Gasteiger partial charge in [0.1, 0.15) is 5.82 Å². The highest BCUT2D eigenvalue weighted by atomic mass is 35.5. The van der Waals surface area contributed by atoms with Gasteiger partial charge in [0, 0.05) is 22.0 Å². The molecule has 5 heteroatoms. The van der Waals surface area contributed by atoms with E-state index in [-0.39, 0.29) is 29.2 Å². The summed E-state index contributed by atoms with van der Waals surface area (Å²) in [7, 11) is 0. The number of ether oxygens (including phenoxy) is 1. The van der Waals surface area contributed by atoms with E-state index in [0.29, 0.717) is 16.7 Å². The van der Waals surface area contributed by atoms with E-state index in [1.54, 1.807) is 6.07 Å². The first-order valence-corrected chi connectivity index (χ1v) is 11.2. The number of nitrogens with zero attached hydrogens (tertiary/aromatic N) is 1. The van der Waals surface area contributed by atoms with Crippen molar-refractivity contribution >= 4 is 29.1 Å². The molecular weight excluding hydrogens is 420 g/mol. The number of rotatable bonds is 5. The lowest BCUT2D eigenvalue weighted by Crippen LogP contribution is -2.45. The fourth-order valence-corrected chi connectivity index (χ4v) is 5.52. The zero-order valence-corrected chi connectivity index (χ0v) is 18.9. The van der Waals surface area contributed by atoms with Gasteiger partial charge in [0.05, 0.1) is 11.3 Å². The molecule has 2 aromatic rings. The molecular formula is C25H27Cl2FNO+. The van der Waals surface area contributed by atoms with E-state index in [1.165, 1.54) is 6.07 Å². The molecule has 158 valence electrons. The third-order valence-corrected chi connectivity index (χ3v) is 6.97. The first kappa shape index (κ1) is 21.4. The monoisotopic (exact) mass is 446 g/mol. The number of benzene rings is 2. The molecule has 4 atom stereocenters. The standard InChI is InChI=1S/C25H27Cl2FNO/c1-4-10-25(3)14-22(17-11-19(27)13-20(28)12-17)23(16-6-8-18(26)9-7-16)29-21(5-2)15-30-24(25)29/h4,6-9,11-13,21-23H,1,5,10,14-15H2,2-3H3/q+1/t21-,22+,23+,25-/m0/s1. The van der Waals surface area contributed by atoms with Gasteiger partial charge in [-0.2, -0.15) is 4.58 Å². The molecule has 0 saturated carbocycles. The average molecular weight is 447 g/mol. The van der Waals surface area contributed by atoms with Crippen molar-refractivity contribution in [2.24, 2.45) is 5.41 Å². The zero-order chi connectivity index (χ0) is 21.5. The van der Waals surface area contributed by atoms with E-state index in [2.05, 4.69) is 37.1 Å². The van der Waals surface area contributed by atoms with E-state index in [9.17, 15) is 4.39 Å². The van der Waals surface area contributed by atoms with Crippen molar-refractivity contribution in [1.82, 2.24) is 0 Å². The quantitative estimate of drug-likeness (QED) is 0.350. The Balaban J connectivity index is 1.94. The fourth-order valence-electron chi connectivity index (χ4n) is 5.16. The summed E-state index contributed by atoms with van der Waals surface area (Å²) < 4.78 is 23.1. The van der Waals surface area contributed by atoms with Crippen LogP contribution in [0.2, 0.25) is 10.0 Å². The van der Waals surface area contributed by atoms with Crippen LogP contribution in [-0.4, -0.2) is 23.1 Å². The summed E-state index contributed by atoms with van der Waals surface area (Å²) in [5.74, 6) is 0.758. The van der Waals surface area contributed by atoms with E-state index >= 15 is 0 Å². The van der Waals surface area contributed by atoms with Gasteiger partial charge in [-0.25, -0.2) is 4.39 Å². The molecule has 2 nitrogen and oxygen atoms in total. The van der Waals surface area contributed by atoms with E-state index < -0.39 is 0 Å². The second-order valence-corrected chi connectivity index (χ2v) is 9.52. The molecule has 0 bridgehead atoms. The molecule has 2 aromatic carbocycles. The van der Waals surface area contributed by atoms with Crippen LogP contribution in [0, 0.1) is 11.2 Å². The molecule has 0 aromatic heterocycles. The van der Waals surface area contributed by atoms with Crippen molar-refractivity contribution in [3.63, 3.8) is 0 Å². The maximum Gasteiger partial charge on any atom is 0.343 e. The summed E-state index contributed by atoms with van der Waals surface area (Å²) in [6, 6.07) is 13.1. The summed E-state index contributed by atoms with van der Waals surface area (Å²) in [4.78, 5) is 0. The van der Waals surface area contributed by atoms with Gasteiger partial charge in [-0.3, -0.25) is 0 Å². The molecule has 2 heterocycles. The minimum Gasteiger partial charge on any atom is -0.441 e. The summed E-state index contributed by atoms with van der Waals surface area (Å²) in [5, 5.41) is 1.12. The Morgan fingerprint density at radius 3 is 2.53 bits per heavy atom. The first-order chi connectivity index (χ1) is 14.4. The maximum absolute atomic E-state index is 14.4. The molecule has 0 N–H and O–H groups in total. The van der Waals surface area contributed by atoms with Crippen molar-refractivity contribution in [2.45, 2.75) is 51.1 Å². The smallest absolute Gasteiger partial charge is 0.343 e. The van der Waals surface area contributed by atoms with Gasteiger partial charge in [0.25, 0.3) is 0 Å². The molecule has 4 rings (SSSR count). The summed E-state index contributed by atoms with van der Waals surface area (Å²) in [6.07, 6.45) is 4.52. The van der Waals surface area contributed by atoms with Gasteiger partial charge >= 0.3 is 5.90 Å². The van der Waals surface area contributed by atoms with Gasteiger partial charge in [0.2, 0.25) is 0 Å². The second kappa shape index (κ2) is 8.36. The highest BCUT2D eigenvalue weighted by Crippen LogP contribution is 2.51. The van der Waals surface area contributed by atoms with Crippen LogP contribution in [-0.2, 0) is 4.74 Å². The Labute approximate surface area is 188 Å². The molecule has 0 aliphatic carbocycles. The van der Waals surface area contributed by atoms with Crippen LogP contribution in [0.5, 0.6) is 0 Å². The SMILES string of the molecule is C=CC[C@@]1(C)C[C@H](c2cc(F)cc(Cl)c2)[C@@H](c2ccc(Cl)cc2)[N+]2=C1OC[C@@H]2CC. The summed E-state index contributed by atoms with van der Waals surface area (Å²) in [5.41, 5.74) is 1.85. The summed E-state index contributed by atoms with van der Waals surface area (Å²) >= 11 is 12.4. The van der Waals surface area contributed by atoms with E-state index in [0.717, 1.165) is 36.3 Å². The third-order valence-electron chi connectivity index (χ3n) is 6.50. The molecule has 2 aliphatic heterocycles. The van der Waals surface area contributed by atoms with E-state index in [4.69, 9.17) is 27.9 Å². The second-order valence-electron chi connectivity index (χ2n) is 8.65. The number of allylic oxidation sites excluding steroid dienone is 1. The van der Waals surface area contributed by atoms with Crippen LogP contribution in [0.1, 0.15) is 56.2 Å². The third kappa shape index (κ3) is 3.78. The van der Waals surface area contributed by atoms with Crippen LogP contribution in [0.25, 0.3) is 0 Å². The molecule has 0 fully saturated rings. The predicted octanol–water partition coefficient (Wildman–Crippen LogP) is 7.16. The zero-order valence-electron chi connectivity index (χ0n) is 17.4. The Bertz CT molecular complexity index is 967. The molecule has 30 heavy (non-hydrogen) atoms. The van der Waals surface area contributed by atoms with Crippen molar-refractivity contribution in [3.8, 4) is 0 Å². The Morgan fingerprint density at radius 1 is 1.17 bits per heavy atom. The number of halogens is 3. The minimum atomic E-state index is -0.308. The van der Waals surface area contributed by atoms with Crippen molar-refractivity contribution < 1.29 is 13.7 Å². The minimum absolute atomic E-state index is 0.0143. The number of hydrogen-bond donors (Lipinski definition) is 0. The lowest BCUT2D eigenvalue weighted by molar-refractivity contribution is -0.610. The fraction of sp³-hybridized carbons (Fsp3) is 0.400. The van der Waals surface area contributed by atoms with Gasteiger partial charge in [0.15, 0.2) is 18.7 Å². The van der Waals surface area contributed by atoms with Crippen LogP contribution < -0.4 is 0 Å². The highest BCUT2D eigenvalue weighted by Gasteiger charge is 2.56. The molecule has 0 spiro atoms. The molecule has 0 saturated heterocycles. The Morgan fingerprint density at radius 2 is 1.90 bits per heavy atom. The lowest BCUT2D eigenvalue weighted by Gasteiger charge is -2.38. The van der Waals surface area contributed by atoms with Crippen molar-refractivity contribution in [1.29, 1.82) is 0 Å². The Kier molecular flexibility index (Phi) is 5.96. The molecule has 0 radical (unpaired) electrons. The van der Waals surface area contributed by atoms with Gasteiger partial charge < -0.3 is 4.74 Å². The van der Waals surface area contributed by atoms with E-state index in [1.807, 2.05) is 24.3 Å². The maximum atomic E-state index is 14.4. The predicted molar refractivity (Wildman–Crippen MR) is 121 cm³/mol. The van der Waals surface area contributed by atoms with Crippen molar-refractivity contribution in [3.05, 3.63) is 82.1 Å². The van der Waals surface area contributed by atoms with Crippen LogP contribution in [0.15, 0.2) is 55.1 Å². The van der Waals surface area contributed by atoms with Gasteiger partial charge in [-0.1, -0.05) is 48.3 Å². The van der Waals surface area contributed by atoms with Crippen LogP contribution in [0.3, 0.4) is 0 Å². The van der Waals surface area contributed by atoms with Gasteiger partial charge in [-0.05, 0) is 55.7 Å².